The molecule has 0 atom stereocenters. The quantitative estimate of drug-likeness (QED) is 0.882. The zero-order valence-electron chi connectivity index (χ0n) is 14.5. The minimum atomic E-state index is -0.395. The molecule has 4 nitrogen and oxygen atoms in total. The number of amides is 1. The highest BCUT2D eigenvalue weighted by atomic mass is 16.7. The summed E-state index contributed by atoms with van der Waals surface area (Å²) in [7, 11) is -0.395. The zero-order chi connectivity index (χ0) is 17.4. The molecule has 2 aromatic carbocycles. The van der Waals surface area contributed by atoms with Crippen molar-refractivity contribution in [3.63, 3.8) is 0 Å². The average molecular weight is 323 g/mol. The first kappa shape index (κ1) is 16.7. The van der Waals surface area contributed by atoms with Gasteiger partial charge in [-0.2, -0.15) is 0 Å². The fourth-order valence-electron chi connectivity index (χ4n) is 2.50. The number of anilines is 1. The summed E-state index contributed by atoms with van der Waals surface area (Å²) < 4.78 is 12.1. The Kier molecular flexibility index (Phi) is 4.24. The lowest BCUT2D eigenvalue weighted by molar-refractivity contribution is 0.00578. The maximum Gasteiger partial charge on any atom is 0.494 e. The summed E-state index contributed by atoms with van der Waals surface area (Å²) in [4.78, 5) is 12.2. The molecule has 0 aromatic heterocycles. The molecule has 3 rings (SSSR count). The van der Waals surface area contributed by atoms with Crippen LogP contribution in [0, 0.1) is 0 Å². The predicted octanol–water partition coefficient (Wildman–Crippen LogP) is 3.24. The van der Waals surface area contributed by atoms with Crippen molar-refractivity contribution < 1.29 is 14.1 Å². The Morgan fingerprint density at radius 3 is 1.96 bits per heavy atom. The molecule has 2 aromatic rings. The molecule has 0 spiro atoms. The second-order valence-corrected chi connectivity index (χ2v) is 7.03. The summed E-state index contributed by atoms with van der Waals surface area (Å²) in [6.07, 6.45) is 0. The average Bonchev–Trinajstić information content (AvgIpc) is 2.77. The van der Waals surface area contributed by atoms with Crippen LogP contribution in [0.4, 0.5) is 5.69 Å². The highest BCUT2D eigenvalue weighted by molar-refractivity contribution is 6.62. The van der Waals surface area contributed by atoms with E-state index in [2.05, 4.69) is 5.32 Å². The van der Waals surface area contributed by atoms with Gasteiger partial charge in [0.15, 0.2) is 0 Å². The van der Waals surface area contributed by atoms with Gasteiger partial charge in [0.1, 0.15) is 0 Å². The van der Waals surface area contributed by atoms with E-state index in [1.807, 2.05) is 70.2 Å². The standard InChI is InChI=1S/C19H22BNO3/c1-18(2)19(3,4)24-20(23-18)15-10-12-16(13-11-15)21-17(22)14-8-6-5-7-9-14/h5-13H,1-4H3,(H,21,22). The largest absolute Gasteiger partial charge is 0.494 e. The Morgan fingerprint density at radius 2 is 1.42 bits per heavy atom. The highest BCUT2D eigenvalue weighted by Crippen LogP contribution is 2.36. The van der Waals surface area contributed by atoms with Crippen LogP contribution in [0.3, 0.4) is 0 Å². The van der Waals surface area contributed by atoms with Crippen LogP contribution in [-0.4, -0.2) is 24.2 Å². The van der Waals surface area contributed by atoms with E-state index < -0.39 is 7.12 Å². The molecule has 5 heteroatoms. The van der Waals surface area contributed by atoms with Crippen molar-refractivity contribution in [1.29, 1.82) is 0 Å². The number of rotatable bonds is 3. The topological polar surface area (TPSA) is 47.6 Å². The second-order valence-electron chi connectivity index (χ2n) is 7.03. The lowest BCUT2D eigenvalue weighted by Gasteiger charge is -2.32. The molecule has 124 valence electrons. The fourth-order valence-corrected chi connectivity index (χ4v) is 2.50. The van der Waals surface area contributed by atoms with Gasteiger partial charge in [-0.1, -0.05) is 30.3 Å². The van der Waals surface area contributed by atoms with Gasteiger partial charge in [-0.25, -0.2) is 0 Å². The first-order valence-electron chi connectivity index (χ1n) is 8.10. The summed E-state index contributed by atoms with van der Waals surface area (Å²) in [6.45, 7) is 8.12. The van der Waals surface area contributed by atoms with Crippen molar-refractivity contribution in [1.82, 2.24) is 0 Å². The molecule has 0 radical (unpaired) electrons. The summed E-state index contributed by atoms with van der Waals surface area (Å²) in [5.74, 6) is -0.126. The van der Waals surface area contributed by atoms with E-state index in [0.717, 1.165) is 11.2 Å². The van der Waals surface area contributed by atoms with Crippen LogP contribution < -0.4 is 10.8 Å². The Balaban J connectivity index is 1.70. The normalized spacial score (nSPS) is 18.4. The van der Waals surface area contributed by atoms with E-state index in [0.29, 0.717) is 5.56 Å². The van der Waals surface area contributed by atoms with Gasteiger partial charge in [0, 0.05) is 11.3 Å². The first-order chi connectivity index (χ1) is 11.3. The summed E-state index contributed by atoms with van der Waals surface area (Å²) in [5.41, 5.74) is 1.58. The Labute approximate surface area is 143 Å². The van der Waals surface area contributed by atoms with Crippen LogP contribution >= 0.6 is 0 Å². The van der Waals surface area contributed by atoms with Gasteiger partial charge in [0.05, 0.1) is 11.2 Å². The lowest BCUT2D eigenvalue weighted by Crippen LogP contribution is -2.41. The van der Waals surface area contributed by atoms with Gasteiger partial charge in [0.25, 0.3) is 5.91 Å². The third kappa shape index (κ3) is 3.23. The van der Waals surface area contributed by atoms with Crippen LogP contribution in [0.25, 0.3) is 0 Å². The van der Waals surface area contributed by atoms with E-state index in [1.165, 1.54) is 0 Å². The molecule has 1 aliphatic heterocycles. The second kappa shape index (κ2) is 6.08. The van der Waals surface area contributed by atoms with Gasteiger partial charge in [-0.05, 0) is 57.4 Å². The van der Waals surface area contributed by atoms with Crippen molar-refractivity contribution in [3.05, 3.63) is 60.2 Å². The van der Waals surface area contributed by atoms with E-state index in [4.69, 9.17) is 9.31 Å². The summed E-state index contributed by atoms with van der Waals surface area (Å²) in [5, 5.41) is 2.89. The molecule has 0 unspecified atom stereocenters. The lowest BCUT2D eigenvalue weighted by atomic mass is 9.79. The van der Waals surface area contributed by atoms with Gasteiger partial charge >= 0.3 is 7.12 Å². The molecular formula is C19H22BNO3. The van der Waals surface area contributed by atoms with Gasteiger partial charge in [0.2, 0.25) is 0 Å². The zero-order valence-corrected chi connectivity index (χ0v) is 14.5. The molecule has 1 fully saturated rings. The third-order valence-corrected chi connectivity index (χ3v) is 4.73. The smallest absolute Gasteiger partial charge is 0.399 e. The fraction of sp³-hybridized carbons (Fsp3) is 0.316. The molecular weight excluding hydrogens is 301 g/mol. The number of nitrogens with one attached hydrogen (secondary N) is 1. The molecule has 0 bridgehead atoms. The molecule has 1 aliphatic rings. The monoisotopic (exact) mass is 323 g/mol. The number of hydrogen-bond acceptors (Lipinski definition) is 3. The maximum absolute atomic E-state index is 12.2. The van der Waals surface area contributed by atoms with Gasteiger partial charge in [-0.15, -0.1) is 0 Å². The summed E-state index contributed by atoms with van der Waals surface area (Å²) in [6, 6.07) is 16.7. The molecule has 24 heavy (non-hydrogen) atoms. The number of carbonyl (C=O) groups is 1. The SMILES string of the molecule is CC1(C)OB(c2ccc(NC(=O)c3ccccc3)cc2)OC1(C)C. The van der Waals surface area contributed by atoms with Crippen molar-refractivity contribution in [3.8, 4) is 0 Å². The van der Waals surface area contributed by atoms with Crippen LogP contribution in [0.2, 0.25) is 0 Å². The third-order valence-electron chi connectivity index (χ3n) is 4.73. The first-order valence-corrected chi connectivity index (χ1v) is 8.10. The molecule has 1 saturated heterocycles. The van der Waals surface area contributed by atoms with E-state index in [1.54, 1.807) is 12.1 Å². The predicted molar refractivity (Wildman–Crippen MR) is 96.6 cm³/mol. The van der Waals surface area contributed by atoms with Gasteiger partial charge in [-0.3, -0.25) is 4.79 Å². The highest BCUT2D eigenvalue weighted by Gasteiger charge is 2.51. The molecule has 1 N–H and O–H groups in total. The molecule has 1 amide bonds. The Hall–Kier alpha value is -2.11. The Morgan fingerprint density at radius 1 is 0.875 bits per heavy atom. The van der Waals surface area contributed by atoms with Crippen molar-refractivity contribution in [2.75, 3.05) is 5.32 Å². The summed E-state index contributed by atoms with van der Waals surface area (Å²) >= 11 is 0. The Bertz CT molecular complexity index is 710. The van der Waals surface area contributed by atoms with Crippen molar-refractivity contribution in [2.45, 2.75) is 38.9 Å². The molecule has 1 heterocycles. The number of hydrogen-bond donors (Lipinski definition) is 1. The van der Waals surface area contributed by atoms with Crippen LogP contribution in [0.1, 0.15) is 38.1 Å². The number of benzene rings is 2. The number of carbonyl (C=O) groups excluding carboxylic acids is 1. The van der Waals surface area contributed by atoms with E-state index in [9.17, 15) is 4.79 Å². The maximum atomic E-state index is 12.2. The minimum Gasteiger partial charge on any atom is -0.399 e. The van der Waals surface area contributed by atoms with E-state index in [-0.39, 0.29) is 17.1 Å². The van der Waals surface area contributed by atoms with Crippen molar-refractivity contribution >= 4 is 24.2 Å². The van der Waals surface area contributed by atoms with Gasteiger partial charge < -0.3 is 14.6 Å². The molecule has 0 aliphatic carbocycles. The van der Waals surface area contributed by atoms with E-state index >= 15 is 0 Å². The molecule has 0 saturated carbocycles. The van der Waals surface area contributed by atoms with Crippen molar-refractivity contribution in [2.24, 2.45) is 0 Å². The van der Waals surface area contributed by atoms with Crippen LogP contribution in [-0.2, 0) is 9.31 Å². The van der Waals surface area contributed by atoms with Crippen LogP contribution in [0.15, 0.2) is 54.6 Å². The minimum absolute atomic E-state index is 0.126. The van der Waals surface area contributed by atoms with Crippen LogP contribution in [0.5, 0.6) is 0 Å².